The monoisotopic (exact) mass is 462 g/mol. The lowest BCUT2D eigenvalue weighted by molar-refractivity contribution is -0.351. The Morgan fingerprint density at radius 1 is 0.812 bits per heavy atom. The molecular weight excluding hydrogens is 432 g/mol. The topological polar surface area (TPSA) is 210 Å². The van der Waals surface area contributed by atoms with E-state index in [-0.39, 0.29) is 12.2 Å². The summed E-state index contributed by atoms with van der Waals surface area (Å²) in [6.07, 6.45) is -14.9. The van der Waals surface area contributed by atoms with Crippen molar-refractivity contribution in [1.29, 1.82) is 0 Å². The van der Waals surface area contributed by atoms with E-state index in [0.29, 0.717) is 5.56 Å². The second-order valence-corrected chi connectivity index (χ2v) is 8.04. The normalized spacial score (nSPS) is 41.4. The lowest BCUT2D eigenvalue weighted by Crippen LogP contribution is -2.63. The molecule has 2 aliphatic heterocycles. The molecule has 1 unspecified atom stereocenters. The molecule has 2 heterocycles. The number of phenolic OH excluding ortho intramolecular Hbond substituents is 1. The number of ether oxygens (including phenoxy) is 3. The number of hydrogen-bond acceptors (Lipinski definition) is 12. The van der Waals surface area contributed by atoms with Gasteiger partial charge in [0.2, 0.25) is 0 Å². The van der Waals surface area contributed by atoms with Gasteiger partial charge >= 0.3 is 0 Å². The van der Waals surface area contributed by atoms with Crippen LogP contribution < -0.4 is 0 Å². The minimum Gasteiger partial charge on any atom is -0.508 e. The van der Waals surface area contributed by atoms with Crippen molar-refractivity contribution in [2.45, 2.75) is 67.8 Å². The molecule has 1 aromatic carbocycles. The minimum atomic E-state index is -1.74. The third-order valence-corrected chi connectivity index (χ3v) is 5.92. The van der Waals surface area contributed by atoms with E-state index in [1.807, 2.05) is 0 Å². The van der Waals surface area contributed by atoms with E-state index in [0.717, 1.165) is 0 Å². The molecule has 0 bridgehead atoms. The minimum absolute atomic E-state index is 0.000741. The number of aliphatic hydroxyl groups is 8. The summed E-state index contributed by atoms with van der Waals surface area (Å²) in [7, 11) is 0. The van der Waals surface area contributed by atoms with Gasteiger partial charge in [0.25, 0.3) is 0 Å². The maximum Gasteiger partial charge on any atom is 0.187 e. The Bertz CT molecular complexity index is 715. The van der Waals surface area contributed by atoms with Crippen LogP contribution in [0.3, 0.4) is 0 Å². The number of aromatic hydroxyl groups is 1. The van der Waals surface area contributed by atoms with Crippen molar-refractivity contribution < 1.29 is 60.2 Å². The van der Waals surface area contributed by atoms with Gasteiger partial charge in [-0.15, -0.1) is 0 Å². The summed E-state index contributed by atoms with van der Waals surface area (Å²) in [5.41, 5.74) is 0.415. The third-order valence-electron chi connectivity index (χ3n) is 5.92. The number of hydrogen-bond donors (Lipinski definition) is 9. The van der Waals surface area contributed by atoms with Crippen LogP contribution in [0.4, 0.5) is 0 Å². The van der Waals surface area contributed by atoms with Crippen LogP contribution in [0.1, 0.15) is 18.1 Å². The maximum atomic E-state index is 10.9. The van der Waals surface area contributed by atoms with Gasteiger partial charge in [0, 0.05) is 5.92 Å². The first kappa shape index (κ1) is 25.2. The molecule has 2 fully saturated rings. The third kappa shape index (κ3) is 5.21. The quantitative estimate of drug-likeness (QED) is 0.195. The first-order valence-electron chi connectivity index (χ1n) is 10.2. The molecule has 0 spiro atoms. The van der Waals surface area contributed by atoms with Gasteiger partial charge in [-0.05, 0) is 24.1 Å². The Balaban J connectivity index is 1.75. The molecule has 11 atom stereocenters. The number of rotatable bonds is 7. The van der Waals surface area contributed by atoms with Crippen LogP contribution in [0.2, 0.25) is 0 Å². The van der Waals surface area contributed by atoms with Crippen LogP contribution in [0.15, 0.2) is 24.3 Å². The van der Waals surface area contributed by atoms with Crippen LogP contribution >= 0.6 is 0 Å². The number of phenols is 1. The highest BCUT2D eigenvalue weighted by Crippen LogP contribution is 2.35. The second kappa shape index (κ2) is 10.7. The van der Waals surface area contributed by atoms with Gasteiger partial charge < -0.3 is 60.2 Å². The molecule has 0 amide bonds. The highest BCUT2D eigenvalue weighted by Gasteiger charge is 2.50. The predicted molar refractivity (Wildman–Crippen MR) is 104 cm³/mol. The molecular formula is C20H30O12. The second-order valence-electron chi connectivity index (χ2n) is 8.04. The summed E-state index contributed by atoms with van der Waals surface area (Å²) in [5.74, 6) is -1.09. The summed E-state index contributed by atoms with van der Waals surface area (Å²) < 4.78 is 16.2. The highest BCUT2D eigenvalue weighted by atomic mass is 16.7. The summed E-state index contributed by atoms with van der Waals surface area (Å²) in [6.45, 7) is -1.36. The summed E-state index contributed by atoms with van der Waals surface area (Å²) in [4.78, 5) is 0. The van der Waals surface area contributed by atoms with Crippen molar-refractivity contribution >= 4 is 0 Å². The standard InChI is InChI=1S/C20H30O12/c21-6-12-15(26)16(27)17(28)20(31-12)32-18-13(7-22)30-19(29)10(14(18)25)5-11(24)8-1-3-9(23)4-2-8/h1-4,10-29H,5-7H2/t10-,11?,12-,13-,14-,15+,16+,17-,18-,19+,20+/m1/s1. The predicted octanol–water partition coefficient (Wildman–Crippen LogP) is -3.31. The average molecular weight is 462 g/mol. The highest BCUT2D eigenvalue weighted by molar-refractivity contribution is 5.27. The van der Waals surface area contributed by atoms with Crippen molar-refractivity contribution in [3.63, 3.8) is 0 Å². The molecule has 12 nitrogen and oxygen atoms in total. The SMILES string of the molecule is OC[C@H]1O[C@@H](O[C@H]2[C@H](O)[C@@H](CC(O)c3ccc(O)cc3)[C@@H](O)O[C@@H]2CO)[C@H](O)[C@@H](O)[C@H]1O. The Kier molecular flexibility index (Phi) is 8.41. The van der Waals surface area contributed by atoms with Crippen molar-refractivity contribution in [1.82, 2.24) is 0 Å². The molecule has 9 N–H and O–H groups in total. The molecule has 3 rings (SSSR count). The van der Waals surface area contributed by atoms with Crippen molar-refractivity contribution in [3.8, 4) is 5.75 Å². The van der Waals surface area contributed by atoms with Gasteiger partial charge in [-0.25, -0.2) is 0 Å². The molecule has 0 radical (unpaired) electrons. The fraction of sp³-hybridized carbons (Fsp3) is 0.700. The summed E-state index contributed by atoms with van der Waals surface area (Å²) in [6, 6.07) is 5.69. The fourth-order valence-corrected chi connectivity index (χ4v) is 3.99. The van der Waals surface area contributed by atoms with Gasteiger partial charge in [-0.2, -0.15) is 0 Å². The molecule has 0 saturated carbocycles. The molecule has 12 heteroatoms. The van der Waals surface area contributed by atoms with Gasteiger partial charge in [0.15, 0.2) is 12.6 Å². The van der Waals surface area contributed by atoms with E-state index >= 15 is 0 Å². The van der Waals surface area contributed by atoms with Crippen LogP contribution in [-0.4, -0.2) is 114 Å². The smallest absolute Gasteiger partial charge is 0.187 e. The van der Waals surface area contributed by atoms with E-state index in [1.165, 1.54) is 24.3 Å². The Morgan fingerprint density at radius 3 is 2.03 bits per heavy atom. The molecule has 0 aliphatic carbocycles. The Hall–Kier alpha value is -1.42. The number of benzene rings is 1. The van der Waals surface area contributed by atoms with Crippen LogP contribution in [0.25, 0.3) is 0 Å². The Morgan fingerprint density at radius 2 is 1.44 bits per heavy atom. The molecule has 182 valence electrons. The fourth-order valence-electron chi connectivity index (χ4n) is 3.99. The summed E-state index contributed by atoms with van der Waals surface area (Å²) in [5, 5.41) is 90.0. The maximum absolute atomic E-state index is 10.9. The van der Waals surface area contributed by atoms with Crippen molar-refractivity contribution in [2.24, 2.45) is 5.92 Å². The zero-order valence-electron chi connectivity index (χ0n) is 17.0. The van der Waals surface area contributed by atoms with Gasteiger partial charge in [-0.3, -0.25) is 0 Å². The van der Waals surface area contributed by atoms with E-state index in [4.69, 9.17) is 14.2 Å². The number of aliphatic hydroxyl groups excluding tert-OH is 8. The van der Waals surface area contributed by atoms with Gasteiger partial charge in [0.05, 0.1) is 25.4 Å². The molecule has 1 aromatic rings. The van der Waals surface area contributed by atoms with E-state index in [2.05, 4.69) is 0 Å². The lowest BCUT2D eigenvalue weighted by Gasteiger charge is -2.46. The molecule has 0 aromatic heterocycles. The van der Waals surface area contributed by atoms with Crippen molar-refractivity contribution in [2.75, 3.05) is 13.2 Å². The van der Waals surface area contributed by atoms with Crippen LogP contribution in [0, 0.1) is 5.92 Å². The Labute approximate surface area is 183 Å². The van der Waals surface area contributed by atoms with E-state index in [9.17, 15) is 46.0 Å². The summed E-state index contributed by atoms with van der Waals surface area (Å²) >= 11 is 0. The van der Waals surface area contributed by atoms with Crippen LogP contribution in [-0.2, 0) is 14.2 Å². The molecule has 2 saturated heterocycles. The first-order valence-corrected chi connectivity index (χ1v) is 10.2. The van der Waals surface area contributed by atoms with Gasteiger partial charge in [0.1, 0.15) is 42.4 Å². The molecule has 32 heavy (non-hydrogen) atoms. The average Bonchev–Trinajstić information content (AvgIpc) is 2.78. The van der Waals surface area contributed by atoms with E-state index in [1.54, 1.807) is 0 Å². The zero-order chi connectivity index (χ0) is 23.6. The molecule has 2 aliphatic rings. The largest absolute Gasteiger partial charge is 0.508 e. The zero-order valence-corrected chi connectivity index (χ0v) is 17.0. The van der Waals surface area contributed by atoms with Gasteiger partial charge in [-0.1, -0.05) is 12.1 Å². The van der Waals surface area contributed by atoms with Crippen molar-refractivity contribution in [3.05, 3.63) is 29.8 Å². The first-order chi connectivity index (χ1) is 15.2. The van der Waals surface area contributed by atoms with E-state index < -0.39 is 80.5 Å². The van der Waals surface area contributed by atoms with Crippen LogP contribution in [0.5, 0.6) is 5.75 Å². The lowest BCUT2D eigenvalue weighted by atomic mass is 9.85.